The van der Waals surface area contributed by atoms with Gasteiger partial charge in [-0.1, -0.05) is 46.9 Å². The molecular weight excluding hydrogens is 405 g/mol. The van der Waals surface area contributed by atoms with Crippen LogP contribution in [-0.4, -0.2) is 15.5 Å². The Morgan fingerprint density at radius 2 is 1.74 bits per heavy atom. The van der Waals surface area contributed by atoms with Crippen molar-refractivity contribution in [3.05, 3.63) is 93.0 Å². The first-order valence-electron chi connectivity index (χ1n) is 8.10. The van der Waals surface area contributed by atoms with E-state index in [4.69, 9.17) is 34.8 Å². The molecular formula is C20H16Cl3N3O. The molecule has 2 aromatic carbocycles. The lowest BCUT2D eigenvalue weighted by molar-refractivity contribution is -0.117. The third kappa shape index (κ3) is 5.13. The number of amides is 1. The van der Waals surface area contributed by atoms with Gasteiger partial charge in [0.05, 0.1) is 0 Å². The van der Waals surface area contributed by atoms with E-state index < -0.39 is 6.04 Å². The van der Waals surface area contributed by atoms with E-state index in [1.165, 1.54) is 6.08 Å². The van der Waals surface area contributed by atoms with Crippen LogP contribution in [0.15, 0.2) is 60.9 Å². The van der Waals surface area contributed by atoms with Crippen LogP contribution in [0.1, 0.15) is 23.0 Å². The van der Waals surface area contributed by atoms with Gasteiger partial charge in [-0.05, 0) is 47.5 Å². The number of aromatic nitrogens is 2. The average molecular weight is 421 g/mol. The van der Waals surface area contributed by atoms with Crippen molar-refractivity contribution in [1.29, 1.82) is 0 Å². The Labute approximate surface area is 172 Å². The number of imidazole rings is 1. The maximum Gasteiger partial charge on any atom is 0.244 e. The highest BCUT2D eigenvalue weighted by Crippen LogP contribution is 2.23. The highest BCUT2D eigenvalue weighted by Gasteiger charge is 2.19. The number of hydrogen-bond acceptors (Lipinski definition) is 2. The van der Waals surface area contributed by atoms with Gasteiger partial charge in [-0.2, -0.15) is 0 Å². The Morgan fingerprint density at radius 3 is 2.33 bits per heavy atom. The van der Waals surface area contributed by atoms with Crippen LogP contribution in [0.4, 0.5) is 0 Å². The van der Waals surface area contributed by atoms with Gasteiger partial charge in [-0.25, -0.2) is 4.98 Å². The second-order valence-corrected chi connectivity index (χ2v) is 7.23. The predicted octanol–water partition coefficient (Wildman–Crippen LogP) is 5.30. The van der Waals surface area contributed by atoms with E-state index in [1.54, 1.807) is 42.6 Å². The number of aryl methyl sites for hydroxylation is 1. The highest BCUT2D eigenvalue weighted by molar-refractivity contribution is 6.34. The molecule has 7 heteroatoms. The first-order chi connectivity index (χ1) is 12.9. The lowest BCUT2D eigenvalue weighted by atomic mass is 10.1. The number of benzene rings is 2. The molecule has 3 aromatic rings. The van der Waals surface area contributed by atoms with Crippen molar-refractivity contribution >= 4 is 46.8 Å². The molecule has 4 nitrogen and oxygen atoms in total. The summed E-state index contributed by atoms with van der Waals surface area (Å²) in [4.78, 5) is 16.9. The van der Waals surface area contributed by atoms with E-state index in [0.29, 0.717) is 20.9 Å². The van der Waals surface area contributed by atoms with Gasteiger partial charge in [-0.15, -0.1) is 0 Å². The highest BCUT2D eigenvalue weighted by atomic mass is 35.5. The normalized spacial score (nSPS) is 12.3. The molecule has 0 saturated carbocycles. The average Bonchev–Trinajstić information content (AvgIpc) is 3.04. The molecule has 0 aliphatic heterocycles. The summed E-state index contributed by atoms with van der Waals surface area (Å²) in [5, 5.41) is 4.62. The van der Waals surface area contributed by atoms with Gasteiger partial charge in [0.15, 0.2) is 0 Å². The van der Waals surface area contributed by atoms with Crippen LogP contribution in [0.3, 0.4) is 0 Å². The van der Waals surface area contributed by atoms with Crippen LogP contribution in [0.2, 0.25) is 15.1 Å². The van der Waals surface area contributed by atoms with Crippen LogP contribution in [0.25, 0.3) is 6.08 Å². The Kier molecular flexibility index (Phi) is 6.22. The molecule has 1 amide bonds. The third-order valence-electron chi connectivity index (χ3n) is 3.92. The van der Waals surface area contributed by atoms with Crippen LogP contribution < -0.4 is 5.32 Å². The number of nitrogens with zero attached hydrogens (tertiary/aromatic N) is 2. The van der Waals surface area contributed by atoms with Crippen LogP contribution in [0.5, 0.6) is 0 Å². The minimum absolute atomic E-state index is 0.269. The fraction of sp³-hybridized carbons (Fsp3) is 0.100. The van der Waals surface area contributed by atoms with E-state index in [1.807, 2.05) is 29.9 Å². The predicted molar refractivity (Wildman–Crippen MR) is 110 cm³/mol. The van der Waals surface area contributed by atoms with Crippen molar-refractivity contribution in [2.24, 2.45) is 7.05 Å². The maximum atomic E-state index is 12.5. The minimum atomic E-state index is -0.414. The Hall–Kier alpha value is -2.27. The standard InChI is InChI=1S/C20H16Cl3N3O/c1-26-9-8-24-20(26)19(14-3-5-15(21)6-4-14)25-18(27)7-2-13-10-16(22)12-17(23)11-13/h2-12,19H,1H3,(H,25,27)/b7-2+. The van der Waals surface area contributed by atoms with Crippen LogP contribution in [0, 0.1) is 0 Å². The second-order valence-electron chi connectivity index (χ2n) is 5.93. The molecule has 1 unspecified atom stereocenters. The fourth-order valence-corrected chi connectivity index (χ4v) is 3.31. The van der Waals surface area contributed by atoms with E-state index >= 15 is 0 Å². The molecule has 1 N–H and O–H groups in total. The zero-order valence-corrected chi connectivity index (χ0v) is 16.6. The molecule has 1 heterocycles. The lowest BCUT2D eigenvalue weighted by Crippen LogP contribution is -2.29. The van der Waals surface area contributed by atoms with Gasteiger partial charge in [0.2, 0.25) is 5.91 Å². The topological polar surface area (TPSA) is 46.9 Å². The van der Waals surface area contributed by atoms with Crippen LogP contribution in [-0.2, 0) is 11.8 Å². The van der Waals surface area contributed by atoms with Gasteiger partial charge in [0.1, 0.15) is 11.9 Å². The molecule has 0 aliphatic carbocycles. The first-order valence-corrected chi connectivity index (χ1v) is 9.23. The fourth-order valence-electron chi connectivity index (χ4n) is 2.64. The van der Waals surface area contributed by atoms with Crippen molar-refractivity contribution in [1.82, 2.24) is 14.9 Å². The van der Waals surface area contributed by atoms with Gasteiger partial charge < -0.3 is 9.88 Å². The summed E-state index contributed by atoms with van der Waals surface area (Å²) >= 11 is 18.0. The quantitative estimate of drug-likeness (QED) is 0.569. The number of rotatable bonds is 5. The molecule has 0 aliphatic rings. The first kappa shape index (κ1) is 19.5. The Balaban J connectivity index is 1.83. The minimum Gasteiger partial charge on any atom is -0.339 e. The van der Waals surface area contributed by atoms with Gasteiger partial charge in [0, 0.05) is 40.6 Å². The monoisotopic (exact) mass is 419 g/mol. The van der Waals surface area contributed by atoms with Crippen LogP contribution >= 0.6 is 34.8 Å². The second kappa shape index (κ2) is 8.61. The van der Waals surface area contributed by atoms with Gasteiger partial charge in [0.25, 0.3) is 0 Å². The van der Waals surface area contributed by atoms with Gasteiger partial charge in [-0.3, -0.25) is 4.79 Å². The van der Waals surface area contributed by atoms with Crippen molar-refractivity contribution in [2.75, 3.05) is 0 Å². The summed E-state index contributed by atoms with van der Waals surface area (Å²) in [6.07, 6.45) is 6.61. The Bertz CT molecular complexity index is 960. The third-order valence-corrected chi connectivity index (χ3v) is 4.61. The Morgan fingerprint density at radius 1 is 1.07 bits per heavy atom. The summed E-state index contributed by atoms with van der Waals surface area (Å²) in [5.41, 5.74) is 1.61. The number of carbonyl (C=O) groups excluding carboxylic acids is 1. The number of nitrogens with one attached hydrogen (secondary N) is 1. The van der Waals surface area contributed by atoms with E-state index in [2.05, 4.69) is 10.3 Å². The van der Waals surface area contributed by atoms with Crippen molar-refractivity contribution in [3.8, 4) is 0 Å². The summed E-state index contributed by atoms with van der Waals surface area (Å²) in [5.74, 6) is 0.443. The summed E-state index contributed by atoms with van der Waals surface area (Å²) in [6.45, 7) is 0. The van der Waals surface area contributed by atoms with Crippen molar-refractivity contribution in [3.63, 3.8) is 0 Å². The molecule has 1 atom stereocenters. The molecule has 138 valence electrons. The maximum absolute atomic E-state index is 12.5. The van der Waals surface area contributed by atoms with E-state index in [-0.39, 0.29) is 5.91 Å². The SMILES string of the molecule is Cn1ccnc1C(NC(=O)/C=C/c1cc(Cl)cc(Cl)c1)c1ccc(Cl)cc1. The molecule has 3 rings (SSSR count). The molecule has 0 bridgehead atoms. The number of carbonyl (C=O) groups is 1. The zero-order valence-electron chi connectivity index (χ0n) is 14.4. The molecule has 0 spiro atoms. The summed E-state index contributed by atoms with van der Waals surface area (Å²) in [6, 6.07) is 12.0. The lowest BCUT2D eigenvalue weighted by Gasteiger charge is -2.18. The number of halogens is 3. The summed E-state index contributed by atoms with van der Waals surface area (Å²) < 4.78 is 1.86. The smallest absolute Gasteiger partial charge is 0.244 e. The molecule has 0 fully saturated rings. The van der Waals surface area contributed by atoms with Gasteiger partial charge >= 0.3 is 0 Å². The molecule has 27 heavy (non-hydrogen) atoms. The molecule has 0 saturated heterocycles. The molecule has 0 radical (unpaired) electrons. The summed E-state index contributed by atoms with van der Waals surface area (Å²) in [7, 11) is 1.88. The zero-order chi connectivity index (χ0) is 19.4. The van der Waals surface area contributed by atoms with Crippen molar-refractivity contribution < 1.29 is 4.79 Å². The van der Waals surface area contributed by atoms with E-state index in [0.717, 1.165) is 11.1 Å². The van der Waals surface area contributed by atoms with E-state index in [9.17, 15) is 4.79 Å². The largest absolute Gasteiger partial charge is 0.339 e. The molecule has 1 aromatic heterocycles. The van der Waals surface area contributed by atoms with Crippen molar-refractivity contribution in [2.45, 2.75) is 6.04 Å². The number of hydrogen-bond donors (Lipinski definition) is 1.